The lowest BCUT2D eigenvalue weighted by molar-refractivity contribution is -0.192. The number of alkyl halides is 3. The van der Waals surface area contributed by atoms with Crippen molar-refractivity contribution in [2.24, 2.45) is 0 Å². The highest BCUT2D eigenvalue weighted by Crippen LogP contribution is 2.27. The van der Waals surface area contributed by atoms with Gasteiger partial charge in [0.1, 0.15) is 5.78 Å². The van der Waals surface area contributed by atoms with Gasteiger partial charge in [0.05, 0.1) is 11.3 Å². The molecule has 0 unspecified atom stereocenters. The second kappa shape index (κ2) is 11.3. The SMILES string of the molecule is O=C(O)C(F)(F)F.O=C1CCN(c2ccccc2/C=C/c2cc(-c3cc4c([nH]3)CCNC4=O)ccn2)CC1. The average molecular weight is 527 g/mol. The van der Waals surface area contributed by atoms with Gasteiger partial charge in [-0.1, -0.05) is 24.3 Å². The summed E-state index contributed by atoms with van der Waals surface area (Å²) >= 11 is 0. The van der Waals surface area contributed by atoms with E-state index in [1.54, 1.807) is 6.20 Å². The number of halogens is 3. The molecule has 2 aromatic heterocycles. The van der Waals surface area contributed by atoms with Crippen molar-refractivity contribution in [2.75, 3.05) is 24.5 Å². The molecule has 2 aliphatic rings. The Morgan fingerprint density at radius 2 is 1.74 bits per heavy atom. The van der Waals surface area contributed by atoms with E-state index in [0.29, 0.717) is 25.2 Å². The van der Waals surface area contributed by atoms with Crippen molar-refractivity contribution >= 4 is 35.5 Å². The summed E-state index contributed by atoms with van der Waals surface area (Å²) in [6.45, 7) is 2.20. The first-order valence-corrected chi connectivity index (χ1v) is 11.9. The largest absolute Gasteiger partial charge is 0.490 e. The smallest absolute Gasteiger partial charge is 0.475 e. The fourth-order valence-electron chi connectivity index (χ4n) is 4.24. The molecule has 0 saturated carbocycles. The van der Waals surface area contributed by atoms with Gasteiger partial charge in [-0.05, 0) is 35.9 Å². The Morgan fingerprint density at radius 3 is 2.42 bits per heavy atom. The van der Waals surface area contributed by atoms with Gasteiger partial charge in [-0.3, -0.25) is 14.6 Å². The van der Waals surface area contributed by atoms with Crippen molar-refractivity contribution in [2.45, 2.75) is 25.4 Å². The third kappa shape index (κ3) is 6.47. The quantitative estimate of drug-likeness (QED) is 0.466. The fourth-order valence-corrected chi connectivity index (χ4v) is 4.24. The summed E-state index contributed by atoms with van der Waals surface area (Å²) in [5.41, 5.74) is 6.74. The molecule has 0 spiro atoms. The van der Waals surface area contributed by atoms with E-state index in [2.05, 4.69) is 38.4 Å². The number of carboxylic acids is 1. The van der Waals surface area contributed by atoms with Gasteiger partial charge in [0, 0.05) is 67.7 Å². The molecule has 38 heavy (non-hydrogen) atoms. The van der Waals surface area contributed by atoms with Crippen LogP contribution in [-0.2, 0) is 16.0 Å². The summed E-state index contributed by atoms with van der Waals surface area (Å²) in [5.74, 6) is -2.43. The van der Waals surface area contributed by atoms with Crippen LogP contribution in [0.4, 0.5) is 18.9 Å². The van der Waals surface area contributed by atoms with Gasteiger partial charge in [-0.25, -0.2) is 4.79 Å². The van der Waals surface area contributed by atoms with Gasteiger partial charge in [-0.2, -0.15) is 13.2 Å². The number of Topliss-reactive ketones (excluding diaryl/α,β-unsaturated/α-hetero) is 1. The van der Waals surface area contributed by atoms with Gasteiger partial charge >= 0.3 is 12.1 Å². The first kappa shape index (κ1) is 26.6. The minimum Gasteiger partial charge on any atom is -0.475 e. The molecule has 11 heteroatoms. The lowest BCUT2D eigenvalue weighted by Gasteiger charge is -2.29. The zero-order valence-electron chi connectivity index (χ0n) is 20.2. The van der Waals surface area contributed by atoms with Crippen LogP contribution in [0.3, 0.4) is 0 Å². The minimum absolute atomic E-state index is 0.0195. The first-order valence-electron chi connectivity index (χ1n) is 11.9. The maximum atomic E-state index is 12.1. The summed E-state index contributed by atoms with van der Waals surface area (Å²) in [4.78, 5) is 42.7. The number of carbonyl (C=O) groups is 3. The molecule has 0 atom stereocenters. The number of carboxylic acid groups (broad SMARTS) is 1. The Balaban J connectivity index is 0.000000426. The second-order valence-corrected chi connectivity index (χ2v) is 8.77. The van der Waals surface area contributed by atoms with Gasteiger partial charge < -0.3 is 20.3 Å². The van der Waals surface area contributed by atoms with Crippen LogP contribution in [-0.4, -0.2) is 58.5 Å². The number of hydrogen-bond donors (Lipinski definition) is 3. The third-order valence-electron chi connectivity index (χ3n) is 6.17. The molecule has 1 fully saturated rings. The predicted molar refractivity (Wildman–Crippen MR) is 136 cm³/mol. The molecule has 4 heterocycles. The van der Waals surface area contributed by atoms with Crippen molar-refractivity contribution in [3.05, 3.63) is 71.2 Å². The number of aliphatic carboxylic acids is 1. The molecule has 3 aromatic rings. The van der Waals surface area contributed by atoms with Crippen molar-refractivity contribution in [3.8, 4) is 11.3 Å². The zero-order valence-corrected chi connectivity index (χ0v) is 20.2. The Kier molecular flexibility index (Phi) is 7.94. The summed E-state index contributed by atoms with van der Waals surface area (Å²) in [6.07, 6.45) is 2.83. The van der Waals surface area contributed by atoms with E-state index in [-0.39, 0.29) is 5.91 Å². The minimum atomic E-state index is -5.08. The van der Waals surface area contributed by atoms with E-state index in [1.165, 1.54) is 0 Å². The number of H-pyrrole nitrogens is 1. The number of aromatic nitrogens is 2. The number of nitrogens with zero attached hydrogens (tertiary/aromatic N) is 2. The summed E-state index contributed by atoms with van der Waals surface area (Å²) in [5, 5.41) is 10.0. The number of aromatic amines is 1. The summed E-state index contributed by atoms with van der Waals surface area (Å²) in [6, 6.07) is 14.1. The Hall–Kier alpha value is -4.41. The number of rotatable bonds is 4. The lowest BCUT2D eigenvalue weighted by atomic mass is 10.1. The van der Waals surface area contributed by atoms with Crippen molar-refractivity contribution in [1.82, 2.24) is 15.3 Å². The molecule has 198 valence electrons. The number of para-hydroxylation sites is 1. The number of fused-ring (bicyclic) bond motifs is 1. The predicted octanol–water partition coefficient (Wildman–Crippen LogP) is 4.34. The number of hydrogen-bond acceptors (Lipinski definition) is 5. The number of carbonyl (C=O) groups excluding carboxylic acids is 2. The normalized spacial score (nSPS) is 15.5. The van der Waals surface area contributed by atoms with Crippen LogP contribution >= 0.6 is 0 Å². The molecule has 1 aromatic carbocycles. The fraction of sp³-hybridized carbons (Fsp3) is 0.259. The molecule has 0 bridgehead atoms. The standard InChI is InChI=1S/C25H24N4O2.C2HF3O2/c30-20-9-13-29(14-10-20)24-4-2-1-3-17(24)5-6-19-15-18(7-11-26-19)23-16-21-22(28-23)8-12-27-25(21)31;3-2(4,5)1(6)7/h1-7,11,15-16,28H,8-10,12-14H2,(H,27,31);(H,6,7)/b6-5+;. The highest BCUT2D eigenvalue weighted by atomic mass is 19.4. The topological polar surface area (TPSA) is 115 Å². The zero-order chi connectivity index (χ0) is 27.3. The van der Waals surface area contributed by atoms with Crippen molar-refractivity contribution in [1.29, 1.82) is 0 Å². The van der Waals surface area contributed by atoms with Gasteiger partial charge in [0.2, 0.25) is 0 Å². The molecule has 0 aliphatic carbocycles. The van der Waals surface area contributed by atoms with Gasteiger partial charge in [0.15, 0.2) is 0 Å². The van der Waals surface area contributed by atoms with E-state index in [9.17, 15) is 22.8 Å². The molecule has 5 rings (SSSR count). The molecule has 8 nitrogen and oxygen atoms in total. The van der Waals surface area contributed by atoms with E-state index < -0.39 is 12.1 Å². The average Bonchev–Trinajstić information content (AvgIpc) is 3.34. The maximum Gasteiger partial charge on any atom is 0.490 e. The third-order valence-corrected chi connectivity index (χ3v) is 6.17. The Labute approximate surface area is 216 Å². The summed E-state index contributed by atoms with van der Waals surface area (Å²) < 4.78 is 31.7. The molecule has 2 aliphatic heterocycles. The maximum absolute atomic E-state index is 12.1. The Morgan fingerprint density at radius 1 is 1.03 bits per heavy atom. The number of piperidine rings is 1. The molecule has 1 amide bonds. The van der Waals surface area contributed by atoms with Crippen LogP contribution in [0.25, 0.3) is 23.4 Å². The Bertz CT molecular complexity index is 1370. The van der Waals surface area contributed by atoms with E-state index in [4.69, 9.17) is 9.90 Å². The van der Waals surface area contributed by atoms with Crippen molar-refractivity contribution in [3.63, 3.8) is 0 Å². The van der Waals surface area contributed by atoms with Crippen LogP contribution in [0.5, 0.6) is 0 Å². The number of ketones is 1. The number of anilines is 1. The highest BCUT2D eigenvalue weighted by Gasteiger charge is 2.38. The molecule has 0 radical (unpaired) electrons. The molecule has 3 N–H and O–H groups in total. The number of amides is 1. The monoisotopic (exact) mass is 526 g/mol. The molecule has 1 saturated heterocycles. The van der Waals surface area contributed by atoms with E-state index in [0.717, 1.165) is 59.0 Å². The molecular weight excluding hydrogens is 501 g/mol. The summed E-state index contributed by atoms with van der Waals surface area (Å²) in [7, 11) is 0. The van der Waals surface area contributed by atoms with Gasteiger partial charge in [0.25, 0.3) is 5.91 Å². The number of benzene rings is 1. The van der Waals surface area contributed by atoms with Crippen molar-refractivity contribution < 1.29 is 32.7 Å². The highest BCUT2D eigenvalue weighted by molar-refractivity contribution is 5.97. The number of nitrogens with one attached hydrogen (secondary N) is 2. The molecular formula is C27H25F3N4O4. The van der Waals surface area contributed by atoms with Crippen LogP contribution in [0.1, 0.15) is 40.2 Å². The first-order chi connectivity index (χ1) is 18.1. The lowest BCUT2D eigenvalue weighted by Crippen LogP contribution is -2.34. The van der Waals surface area contributed by atoms with E-state index in [1.807, 2.05) is 36.4 Å². The van der Waals surface area contributed by atoms with Crippen LogP contribution in [0, 0.1) is 0 Å². The van der Waals surface area contributed by atoms with Crippen LogP contribution in [0.15, 0.2) is 48.7 Å². The van der Waals surface area contributed by atoms with Crippen LogP contribution < -0.4 is 10.2 Å². The number of pyridine rings is 1. The second-order valence-electron chi connectivity index (χ2n) is 8.77. The van der Waals surface area contributed by atoms with E-state index >= 15 is 0 Å². The van der Waals surface area contributed by atoms with Gasteiger partial charge in [-0.15, -0.1) is 0 Å². The van der Waals surface area contributed by atoms with Crippen LogP contribution in [0.2, 0.25) is 0 Å².